The number of rotatable bonds is 3. The maximum Gasteiger partial charge on any atom is 0.286 e. The van der Waals surface area contributed by atoms with Gasteiger partial charge < -0.3 is 0 Å². The number of nitrogens with zero attached hydrogens (tertiary/aromatic N) is 3. The smallest absolute Gasteiger partial charge is 0.270 e. The third-order valence-corrected chi connectivity index (χ3v) is 8.30. The van der Waals surface area contributed by atoms with Crippen molar-refractivity contribution in [1.29, 1.82) is 0 Å². The zero-order valence-electron chi connectivity index (χ0n) is 14.8. The van der Waals surface area contributed by atoms with E-state index in [1.54, 1.807) is 0 Å². The van der Waals surface area contributed by atoms with Gasteiger partial charge in [-0.25, -0.2) is 14.0 Å². The van der Waals surface area contributed by atoms with Crippen LogP contribution in [0.1, 0.15) is 29.6 Å². The molecule has 1 fully saturated rings. The fourth-order valence-electron chi connectivity index (χ4n) is 3.72. The van der Waals surface area contributed by atoms with Crippen LogP contribution in [0.4, 0.5) is 0 Å². The van der Waals surface area contributed by atoms with Gasteiger partial charge in [0.25, 0.3) is 7.59 Å². The van der Waals surface area contributed by atoms with Crippen LogP contribution >= 0.6 is 7.59 Å². The first-order valence-corrected chi connectivity index (χ1v) is 9.87. The van der Waals surface area contributed by atoms with Gasteiger partial charge in [-0.3, -0.25) is 4.57 Å². The van der Waals surface area contributed by atoms with Crippen LogP contribution in [0.3, 0.4) is 0 Å². The van der Waals surface area contributed by atoms with Crippen molar-refractivity contribution in [3.63, 3.8) is 0 Å². The van der Waals surface area contributed by atoms with E-state index in [4.69, 9.17) is 0 Å². The van der Waals surface area contributed by atoms with Crippen LogP contribution in [0.25, 0.3) is 0 Å². The summed E-state index contributed by atoms with van der Waals surface area (Å²) in [7, 11) is 4.97. The first kappa shape index (κ1) is 17.4. The lowest BCUT2D eigenvalue weighted by molar-refractivity contribution is 0.181. The predicted molar refractivity (Wildman–Crippen MR) is 99.8 cm³/mol. The first-order valence-electron chi connectivity index (χ1n) is 8.30. The maximum absolute atomic E-state index is 13.9. The molecular weight excluding hydrogens is 317 g/mol. The topological polar surface area (TPSA) is 26.8 Å². The van der Waals surface area contributed by atoms with E-state index in [-0.39, 0.29) is 12.1 Å². The molecule has 0 saturated carbocycles. The molecule has 2 aromatic carbocycles. The summed E-state index contributed by atoms with van der Waals surface area (Å²) >= 11 is 0. The average molecular weight is 343 g/mol. The molecule has 0 bridgehead atoms. The van der Waals surface area contributed by atoms with Gasteiger partial charge in [0.05, 0.1) is 0 Å². The second-order valence-corrected chi connectivity index (χ2v) is 9.68. The van der Waals surface area contributed by atoms with Gasteiger partial charge in [-0.1, -0.05) is 60.7 Å². The molecule has 1 aliphatic rings. The van der Waals surface area contributed by atoms with Crippen molar-refractivity contribution in [3.05, 3.63) is 71.8 Å². The van der Waals surface area contributed by atoms with Gasteiger partial charge in [0.1, 0.15) is 0 Å². The molecule has 3 rings (SSSR count). The minimum Gasteiger partial charge on any atom is -0.270 e. The molecular formula is C19H26N3OP. The SMILES string of the molecule is CN(C)P1(=O)N(C)[C@@H](c2ccccc2)C[C@H](c2ccccc2)N1C. The number of benzene rings is 2. The van der Waals surface area contributed by atoms with Crippen molar-refractivity contribution in [1.82, 2.24) is 14.0 Å². The summed E-state index contributed by atoms with van der Waals surface area (Å²) in [6.07, 6.45) is 0.916. The predicted octanol–water partition coefficient (Wildman–Crippen LogP) is 4.41. The standard InChI is InChI=1S/C19H26N3OP/c1-20(2)24(23)21(3)18(16-11-7-5-8-12-16)15-19(22(24)4)17-13-9-6-10-14-17/h5-14,18-19H,15H2,1-4H3/t18-,19-/m1/s1. The van der Waals surface area contributed by atoms with Crippen molar-refractivity contribution in [3.8, 4) is 0 Å². The Kier molecular flexibility index (Phi) is 4.93. The lowest BCUT2D eigenvalue weighted by Gasteiger charge is -2.51. The summed E-state index contributed by atoms with van der Waals surface area (Å²) in [4.78, 5) is 0. The van der Waals surface area contributed by atoms with Gasteiger partial charge in [0.15, 0.2) is 0 Å². The molecule has 4 nitrogen and oxygen atoms in total. The quantitative estimate of drug-likeness (QED) is 0.772. The van der Waals surface area contributed by atoms with Gasteiger partial charge in [-0.2, -0.15) is 0 Å². The van der Waals surface area contributed by atoms with Crippen LogP contribution in [0.2, 0.25) is 0 Å². The molecule has 0 unspecified atom stereocenters. The fraction of sp³-hybridized carbons (Fsp3) is 0.368. The molecule has 128 valence electrons. The Hall–Kier alpha value is -1.45. The molecule has 1 heterocycles. The van der Waals surface area contributed by atoms with Crippen molar-refractivity contribution in [2.75, 3.05) is 28.2 Å². The Balaban J connectivity index is 2.07. The van der Waals surface area contributed by atoms with E-state index >= 15 is 0 Å². The van der Waals surface area contributed by atoms with Gasteiger partial charge >= 0.3 is 0 Å². The van der Waals surface area contributed by atoms with E-state index in [1.165, 1.54) is 11.1 Å². The summed E-state index contributed by atoms with van der Waals surface area (Å²) in [5, 5.41) is 0. The zero-order valence-corrected chi connectivity index (χ0v) is 15.7. The molecule has 0 spiro atoms. The second-order valence-electron chi connectivity index (χ2n) is 6.60. The molecule has 0 N–H and O–H groups in total. The Morgan fingerprint density at radius 3 is 1.54 bits per heavy atom. The highest BCUT2D eigenvalue weighted by Crippen LogP contribution is 2.64. The van der Waals surface area contributed by atoms with E-state index in [2.05, 4.69) is 57.9 Å². The van der Waals surface area contributed by atoms with Crippen LogP contribution in [0.5, 0.6) is 0 Å². The van der Waals surface area contributed by atoms with E-state index in [9.17, 15) is 4.57 Å². The van der Waals surface area contributed by atoms with Crippen molar-refractivity contribution < 1.29 is 4.57 Å². The van der Waals surface area contributed by atoms with Crippen molar-refractivity contribution in [2.45, 2.75) is 18.5 Å². The third-order valence-electron chi connectivity index (χ3n) is 5.06. The van der Waals surface area contributed by atoms with Gasteiger partial charge in [-0.05, 0) is 45.7 Å². The molecule has 5 heteroatoms. The maximum atomic E-state index is 13.9. The third kappa shape index (κ3) is 2.84. The Morgan fingerprint density at radius 2 is 1.21 bits per heavy atom. The minimum absolute atomic E-state index is 0.126. The van der Waals surface area contributed by atoms with Gasteiger partial charge in [-0.15, -0.1) is 0 Å². The summed E-state index contributed by atoms with van der Waals surface area (Å²) in [5.74, 6) is 0. The van der Waals surface area contributed by atoms with E-state index in [0.29, 0.717) is 0 Å². The van der Waals surface area contributed by atoms with Crippen LogP contribution in [-0.4, -0.2) is 42.2 Å². The molecule has 1 saturated heterocycles. The Morgan fingerprint density at radius 1 is 0.833 bits per heavy atom. The largest absolute Gasteiger partial charge is 0.286 e. The highest BCUT2D eigenvalue weighted by atomic mass is 31.2. The van der Waals surface area contributed by atoms with Crippen molar-refractivity contribution >= 4 is 7.59 Å². The van der Waals surface area contributed by atoms with Crippen LogP contribution < -0.4 is 0 Å². The molecule has 2 aromatic rings. The molecule has 0 aliphatic carbocycles. The van der Waals surface area contributed by atoms with E-state index in [1.807, 2.05) is 45.0 Å². The fourth-order valence-corrected chi connectivity index (χ4v) is 6.48. The van der Waals surface area contributed by atoms with Crippen LogP contribution in [0, 0.1) is 0 Å². The lowest BCUT2D eigenvalue weighted by Crippen LogP contribution is -2.43. The zero-order chi connectivity index (χ0) is 17.3. The lowest BCUT2D eigenvalue weighted by atomic mass is 9.95. The van der Waals surface area contributed by atoms with Crippen LogP contribution in [-0.2, 0) is 4.57 Å². The normalized spacial score (nSPS) is 29.0. The second kappa shape index (κ2) is 6.81. The molecule has 0 amide bonds. The molecule has 24 heavy (non-hydrogen) atoms. The van der Waals surface area contributed by atoms with E-state index < -0.39 is 7.59 Å². The summed E-state index contributed by atoms with van der Waals surface area (Å²) in [5.41, 5.74) is 2.44. The highest BCUT2D eigenvalue weighted by Gasteiger charge is 2.48. The summed E-state index contributed by atoms with van der Waals surface area (Å²) < 4.78 is 19.9. The first-order chi connectivity index (χ1) is 11.5. The highest BCUT2D eigenvalue weighted by molar-refractivity contribution is 7.56. The number of hydrogen-bond acceptors (Lipinski definition) is 1. The summed E-state index contributed by atoms with van der Waals surface area (Å²) in [6, 6.07) is 21.1. The molecule has 0 radical (unpaired) electrons. The summed E-state index contributed by atoms with van der Waals surface area (Å²) in [6.45, 7) is 0. The minimum atomic E-state index is -2.81. The van der Waals surface area contributed by atoms with E-state index in [0.717, 1.165) is 6.42 Å². The molecule has 0 aromatic heterocycles. The van der Waals surface area contributed by atoms with Gasteiger partial charge in [0, 0.05) is 12.1 Å². The molecule has 2 atom stereocenters. The van der Waals surface area contributed by atoms with Gasteiger partial charge in [0.2, 0.25) is 0 Å². The van der Waals surface area contributed by atoms with Crippen LogP contribution in [0.15, 0.2) is 60.7 Å². The molecule has 1 aliphatic heterocycles. The number of hydrogen-bond donors (Lipinski definition) is 0. The monoisotopic (exact) mass is 343 g/mol. The Bertz CT molecular complexity index is 664. The van der Waals surface area contributed by atoms with Crippen molar-refractivity contribution in [2.24, 2.45) is 0 Å². The Labute approximate surface area is 145 Å². The average Bonchev–Trinajstić information content (AvgIpc) is 2.61.